The Bertz CT molecular complexity index is 277. The highest BCUT2D eigenvalue weighted by atomic mass is 35.5. The van der Waals surface area contributed by atoms with Crippen LogP contribution in [0.15, 0.2) is 18.2 Å². The van der Waals surface area contributed by atoms with Crippen LogP contribution < -0.4 is 5.32 Å². The first-order chi connectivity index (χ1) is 6.61. The van der Waals surface area contributed by atoms with E-state index < -0.39 is 0 Å². The summed E-state index contributed by atoms with van der Waals surface area (Å²) in [6, 6.07) is 6.11. The molecule has 78 valence electrons. The predicted octanol–water partition coefficient (Wildman–Crippen LogP) is 3.53. The molecule has 1 aromatic carbocycles. The van der Waals surface area contributed by atoms with E-state index >= 15 is 0 Å². The van der Waals surface area contributed by atoms with Crippen LogP contribution in [-0.4, -0.2) is 12.6 Å². The predicted molar refractivity (Wildman–Crippen MR) is 63.3 cm³/mol. The van der Waals surface area contributed by atoms with Gasteiger partial charge in [0, 0.05) is 16.1 Å². The van der Waals surface area contributed by atoms with Crippen molar-refractivity contribution in [3.63, 3.8) is 0 Å². The molecular weight excluding hydrogens is 217 g/mol. The molecule has 1 rings (SSSR count). The Morgan fingerprint density at radius 2 is 1.79 bits per heavy atom. The fraction of sp³-hybridized carbons (Fsp3) is 0.455. The van der Waals surface area contributed by atoms with Crippen LogP contribution in [0, 0.1) is 0 Å². The Morgan fingerprint density at radius 3 is 2.29 bits per heavy atom. The molecule has 0 aromatic heterocycles. The maximum Gasteiger partial charge on any atom is 0.0453 e. The number of halogens is 2. The Kier molecular flexibility index (Phi) is 4.73. The van der Waals surface area contributed by atoms with E-state index in [1.807, 2.05) is 18.2 Å². The Labute approximate surface area is 95.4 Å². The molecule has 0 amide bonds. The van der Waals surface area contributed by atoms with Gasteiger partial charge in [-0.1, -0.05) is 43.1 Å². The van der Waals surface area contributed by atoms with Crippen LogP contribution in [0.5, 0.6) is 0 Å². The maximum atomic E-state index is 6.03. The topological polar surface area (TPSA) is 12.0 Å². The van der Waals surface area contributed by atoms with Gasteiger partial charge < -0.3 is 5.32 Å². The third-order valence-electron chi connectivity index (χ3n) is 1.99. The van der Waals surface area contributed by atoms with Gasteiger partial charge in [0.15, 0.2) is 0 Å². The highest BCUT2D eigenvalue weighted by Crippen LogP contribution is 2.24. The lowest BCUT2D eigenvalue weighted by molar-refractivity contribution is 0.590. The van der Waals surface area contributed by atoms with Crippen molar-refractivity contribution in [3.05, 3.63) is 33.8 Å². The van der Waals surface area contributed by atoms with Crippen molar-refractivity contribution in [1.29, 1.82) is 0 Å². The van der Waals surface area contributed by atoms with Crippen LogP contribution >= 0.6 is 23.2 Å². The van der Waals surface area contributed by atoms with E-state index in [-0.39, 0.29) is 0 Å². The van der Waals surface area contributed by atoms with Crippen LogP contribution in [0.4, 0.5) is 0 Å². The van der Waals surface area contributed by atoms with Crippen molar-refractivity contribution < 1.29 is 0 Å². The van der Waals surface area contributed by atoms with Crippen molar-refractivity contribution in [2.24, 2.45) is 0 Å². The average Bonchev–Trinajstić information content (AvgIpc) is 2.09. The van der Waals surface area contributed by atoms with E-state index in [1.165, 1.54) is 0 Å². The Balaban J connectivity index is 2.58. The highest BCUT2D eigenvalue weighted by molar-refractivity contribution is 6.35. The Hall–Kier alpha value is -0.240. The summed E-state index contributed by atoms with van der Waals surface area (Å²) in [4.78, 5) is 0. The van der Waals surface area contributed by atoms with Gasteiger partial charge in [0.2, 0.25) is 0 Å². The van der Waals surface area contributed by atoms with Crippen molar-refractivity contribution in [2.45, 2.75) is 26.3 Å². The monoisotopic (exact) mass is 231 g/mol. The second kappa shape index (κ2) is 5.59. The minimum atomic E-state index is 0.497. The third kappa shape index (κ3) is 3.49. The molecule has 0 aliphatic heterocycles. The fourth-order valence-electron chi connectivity index (χ4n) is 1.26. The van der Waals surface area contributed by atoms with E-state index in [9.17, 15) is 0 Å². The normalized spacial score (nSPS) is 10.9. The van der Waals surface area contributed by atoms with Crippen LogP contribution in [0.1, 0.15) is 19.4 Å². The number of nitrogens with one attached hydrogen (secondary N) is 1. The van der Waals surface area contributed by atoms with Crippen LogP contribution in [0.2, 0.25) is 10.0 Å². The molecule has 14 heavy (non-hydrogen) atoms. The standard InChI is InChI=1S/C11H15Cl2N/c1-8(2)14-7-6-9-10(12)4-3-5-11(9)13/h3-5,8,14H,6-7H2,1-2H3. The minimum Gasteiger partial charge on any atom is -0.314 e. The van der Waals surface area contributed by atoms with Gasteiger partial charge in [0.25, 0.3) is 0 Å². The lowest BCUT2D eigenvalue weighted by Gasteiger charge is -2.10. The molecule has 1 N–H and O–H groups in total. The molecule has 1 aromatic rings. The molecule has 0 aliphatic carbocycles. The van der Waals surface area contributed by atoms with Gasteiger partial charge in [-0.2, -0.15) is 0 Å². The van der Waals surface area contributed by atoms with Gasteiger partial charge >= 0.3 is 0 Å². The van der Waals surface area contributed by atoms with E-state index in [1.54, 1.807) is 0 Å². The van der Waals surface area contributed by atoms with Gasteiger partial charge in [-0.05, 0) is 30.7 Å². The molecule has 3 heteroatoms. The number of rotatable bonds is 4. The summed E-state index contributed by atoms with van der Waals surface area (Å²) in [5.74, 6) is 0. The van der Waals surface area contributed by atoms with Gasteiger partial charge in [-0.15, -0.1) is 0 Å². The molecule has 0 spiro atoms. The second-order valence-corrected chi connectivity index (χ2v) is 4.37. The van der Waals surface area contributed by atoms with E-state index in [2.05, 4.69) is 19.2 Å². The van der Waals surface area contributed by atoms with Gasteiger partial charge in [-0.25, -0.2) is 0 Å². The van der Waals surface area contributed by atoms with E-state index in [4.69, 9.17) is 23.2 Å². The summed E-state index contributed by atoms with van der Waals surface area (Å²) in [5, 5.41) is 4.84. The van der Waals surface area contributed by atoms with Crippen molar-refractivity contribution in [2.75, 3.05) is 6.54 Å². The minimum absolute atomic E-state index is 0.497. The molecule has 0 saturated carbocycles. The van der Waals surface area contributed by atoms with Gasteiger partial charge in [0.05, 0.1) is 0 Å². The molecule has 0 radical (unpaired) electrons. The summed E-state index contributed by atoms with van der Waals surface area (Å²) >= 11 is 12.1. The zero-order valence-electron chi connectivity index (χ0n) is 8.48. The quantitative estimate of drug-likeness (QED) is 0.837. The molecule has 0 fully saturated rings. The molecule has 0 bridgehead atoms. The van der Waals surface area contributed by atoms with Gasteiger partial charge in [-0.3, -0.25) is 0 Å². The second-order valence-electron chi connectivity index (χ2n) is 3.56. The molecular formula is C11H15Cl2N. The Morgan fingerprint density at radius 1 is 1.21 bits per heavy atom. The summed E-state index contributed by atoms with van der Waals surface area (Å²) < 4.78 is 0. The summed E-state index contributed by atoms with van der Waals surface area (Å²) in [7, 11) is 0. The first kappa shape index (κ1) is 11.8. The smallest absolute Gasteiger partial charge is 0.0453 e. The van der Waals surface area contributed by atoms with Crippen molar-refractivity contribution >= 4 is 23.2 Å². The van der Waals surface area contributed by atoms with E-state index in [0.717, 1.165) is 28.6 Å². The van der Waals surface area contributed by atoms with E-state index in [0.29, 0.717) is 6.04 Å². The first-order valence-corrected chi connectivity index (χ1v) is 5.53. The first-order valence-electron chi connectivity index (χ1n) is 4.77. The summed E-state index contributed by atoms with van der Waals surface area (Å²) in [6.07, 6.45) is 0.872. The average molecular weight is 232 g/mol. The third-order valence-corrected chi connectivity index (χ3v) is 2.70. The van der Waals surface area contributed by atoms with Gasteiger partial charge in [0.1, 0.15) is 0 Å². The largest absolute Gasteiger partial charge is 0.314 e. The summed E-state index contributed by atoms with van der Waals surface area (Å²) in [5.41, 5.74) is 1.03. The maximum absolute atomic E-state index is 6.03. The lowest BCUT2D eigenvalue weighted by Crippen LogP contribution is -2.25. The molecule has 0 unspecified atom stereocenters. The number of hydrogen-bond acceptors (Lipinski definition) is 1. The zero-order valence-corrected chi connectivity index (χ0v) is 9.99. The molecule has 0 heterocycles. The lowest BCUT2D eigenvalue weighted by atomic mass is 10.1. The summed E-state index contributed by atoms with van der Waals surface area (Å²) in [6.45, 7) is 5.14. The SMILES string of the molecule is CC(C)NCCc1c(Cl)cccc1Cl. The molecule has 0 saturated heterocycles. The molecule has 1 nitrogen and oxygen atoms in total. The fourth-order valence-corrected chi connectivity index (χ4v) is 1.84. The van der Waals surface area contributed by atoms with Crippen LogP contribution in [-0.2, 0) is 6.42 Å². The zero-order chi connectivity index (χ0) is 10.6. The molecule has 0 atom stereocenters. The van der Waals surface area contributed by atoms with Crippen molar-refractivity contribution in [1.82, 2.24) is 5.32 Å². The number of benzene rings is 1. The number of hydrogen-bond donors (Lipinski definition) is 1. The highest BCUT2D eigenvalue weighted by Gasteiger charge is 2.04. The molecule has 0 aliphatic rings. The van der Waals surface area contributed by atoms with Crippen LogP contribution in [0.25, 0.3) is 0 Å². The van der Waals surface area contributed by atoms with Crippen molar-refractivity contribution in [3.8, 4) is 0 Å². The van der Waals surface area contributed by atoms with Crippen LogP contribution in [0.3, 0.4) is 0 Å².